The second kappa shape index (κ2) is 13.3. The van der Waals surface area contributed by atoms with Gasteiger partial charge in [0.1, 0.15) is 18.8 Å². The van der Waals surface area contributed by atoms with Crippen LogP contribution in [0.2, 0.25) is 0 Å². The minimum absolute atomic E-state index is 0.000596. The third-order valence-electron chi connectivity index (χ3n) is 4.94. The maximum Gasteiger partial charge on any atom is 0.286 e. The van der Waals surface area contributed by atoms with Gasteiger partial charge in [-0.25, -0.2) is 4.39 Å². The Morgan fingerprint density at radius 3 is 1.76 bits per heavy atom. The summed E-state index contributed by atoms with van der Waals surface area (Å²) in [6.07, 6.45) is -2.93. The van der Waals surface area contributed by atoms with Crippen LogP contribution < -0.4 is 5.73 Å². The van der Waals surface area contributed by atoms with Gasteiger partial charge < -0.3 is 25.1 Å². The molecule has 0 bridgehead atoms. The van der Waals surface area contributed by atoms with Crippen molar-refractivity contribution < 1.29 is 28.5 Å². The van der Waals surface area contributed by atoms with E-state index < -0.39 is 29.7 Å². The van der Waals surface area contributed by atoms with Crippen LogP contribution in [0.25, 0.3) is 0 Å². The van der Waals surface area contributed by atoms with E-state index in [1.54, 1.807) is 36.4 Å². The summed E-state index contributed by atoms with van der Waals surface area (Å²) in [4.78, 5) is 12.0. The van der Waals surface area contributed by atoms with Crippen LogP contribution in [0, 0.1) is 0 Å². The number of hydrogen-bond donors (Lipinski definition) is 2. The Kier molecular flexibility index (Phi) is 9.79. The van der Waals surface area contributed by atoms with Gasteiger partial charge in [0.15, 0.2) is 5.83 Å². The van der Waals surface area contributed by atoms with E-state index in [2.05, 4.69) is 0 Å². The molecule has 1 amide bonds. The molecule has 6 nitrogen and oxygen atoms in total. The summed E-state index contributed by atoms with van der Waals surface area (Å²) in [5.74, 6) is -2.88. The molecule has 0 aliphatic heterocycles. The maximum absolute atomic E-state index is 15.5. The average Bonchev–Trinajstić information content (AvgIpc) is 2.86. The molecule has 2 atom stereocenters. The number of aliphatic hydroxyl groups is 1. The van der Waals surface area contributed by atoms with Gasteiger partial charge in [0.05, 0.1) is 19.8 Å². The smallest absolute Gasteiger partial charge is 0.286 e. The summed E-state index contributed by atoms with van der Waals surface area (Å²) in [5.41, 5.74) is 7.78. The van der Waals surface area contributed by atoms with E-state index in [0.717, 1.165) is 16.7 Å². The summed E-state index contributed by atoms with van der Waals surface area (Å²) in [6, 6.07) is 27.4. The van der Waals surface area contributed by atoms with Gasteiger partial charge in [-0.15, -0.1) is 0 Å². The molecule has 178 valence electrons. The summed E-state index contributed by atoms with van der Waals surface area (Å²) >= 11 is 0. The molecule has 3 aromatic carbocycles. The lowest BCUT2D eigenvalue weighted by molar-refractivity contribution is -0.119. The standard InChI is InChI=1S/C27H28FNO5/c28-24(26(27(29)31)34-18-22-14-8-3-9-15-22)25(33-17-21-12-6-2-7-13-21)23(30)19-32-16-20-10-4-1-5-11-20/h1-15,23,25,30H,16-19H2,(H2,29,31)/b26-24+/t23-,25-/m1/s1. The predicted octanol–water partition coefficient (Wildman–Crippen LogP) is 4.03. The largest absolute Gasteiger partial charge is 0.481 e. The minimum atomic E-state index is -1.52. The van der Waals surface area contributed by atoms with Crippen LogP contribution in [0.1, 0.15) is 16.7 Å². The molecule has 0 spiro atoms. The number of halogens is 1. The van der Waals surface area contributed by atoms with Gasteiger partial charge in [-0.3, -0.25) is 4.79 Å². The highest BCUT2D eigenvalue weighted by Crippen LogP contribution is 2.22. The van der Waals surface area contributed by atoms with Crippen molar-refractivity contribution in [2.75, 3.05) is 6.61 Å². The Morgan fingerprint density at radius 1 is 0.794 bits per heavy atom. The topological polar surface area (TPSA) is 91.0 Å². The SMILES string of the molecule is NC(=O)/C(OCc1ccccc1)=C(\F)[C@H](OCc1ccccc1)[C@H](O)COCc1ccccc1. The van der Waals surface area contributed by atoms with E-state index in [1.165, 1.54) is 0 Å². The molecule has 3 aromatic rings. The number of primary amides is 1. The molecule has 0 aliphatic carbocycles. The van der Waals surface area contributed by atoms with Crippen LogP contribution in [-0.2, 0) is 38.8 Å². The molecular weight excluding hydrogens is 437 g/mol. The molecule has 0 saturated carbocycles. The zero-order valence-electron chi connectivity index (χ0n) is 18.7. The molecular formula is C27H28FNO5. The fourth-order valence-corrected chi connectivity index (χ4v) is 3.19. The number of rotatable bonds is 13. The maximum atomic E-state index is 15.5. The van der Waals surface area contributed by atoms with Crippen LogP contribution in [0.15, 0.2) is 103 Å². The van der Waals surface area contributed by atoms with Crippen molar-refractivity contribution in [3.8, 4) is 0 Å². The number of benzene rings is 3. The molecule has 0 heterocycles. The third-order valence-corrected chi connectivity index (χ3v) is 4.94. The van der Waals surface area contributed by atoms with Gasteiger partial charge in [0.25, 0.3) is 5.91 Å². The van der Waals surface area contributed by atoms with Gasteiger partial charge in [-0.1, -0.05) is 91.0 Å². The predicted molar refractivity (Wildman–Crippen MR) is 126 cm³/mol. The monoisotopic (exact) mass is 465 g/mol. The van der Waals surface area contributed by atoms with Gasteiger partial charge >= 0.3 is 0 Å². The molecule has 0 aliphatic rings. The summed E-state index contributed by atoms with van der Waals surface area (Å²) in [5, 5.41) is 10.7. The van der Waals surface area contributed by atoms with Crippen molar-refractivity contribution >= 4 is 5.91 Å². The van der Waals surface area contributed by atoms with Gasteiger partial charge in [-0.2, -0.15) is 0 Å². The Hall–Kier alpha value is -3.52. The summed E-state index contributed by atoms with van der Waals surface area (Å²) in [6.45, 7) is -0.0771. The van der Waals surface area contributed by atoms with E-state index in [9.17, 15) is 9.90 Å². The molecule has 0 saturated heterocycles. The van der Waals surface area contributed by atoms with Crippen LogP contribution in [-0.4, -0.2) is 29.8 Å². The molecule has 0 radical (unpaired) electrons. The Labute approximate surface area is 198 Å². The molecule has 34 heavy (non-hydrogen) atoms. The number of hydrogen-bond acceptors (Lipinski definition) is 5. The molecule has 0 aromatic heterocycles. The first-order chi connectivity index (χ1) is 16.5. The molecule has 0 fully saturated rings. The zero-order chi connectivity index (χ0) is 24.2. The van der Waals surface area contributed by atoms with Gasteiger partial charge in [0, 0.05) is 0 Å². The highest BCUT2D eigenvalue weighted by molar-refractivity contribution is 5.90. The average molecular weight is 466 g/mol. The van der Waals surface area contributed by atoms with Crippen LogP contribution in [0.4, 0.5) is 4.39 Å². The van der Waals surface area contributed by atoms with Crippen LogP contribution >= 0.6 is 0 Å². The van der Waals surface area contributed by atoms with Crippen molar-refractivity contribution in [1.82, 2.24) is 0 Å². The van der Waals surface area contributed by atoms with Crippen LogP contribution in [0.3, 0.4) is 0 Å². The number of carbonyl (C=O) groups is 1. The Balaban J connectivity index is 1.74. The highest BCUT2D eigenvalue weighted by Gasteiger charge is 2.31. The van der Waals surface area contributed by atoms with Gasteiger partial charge in [0.2, 0.25) is 5.76 Å². The van der Waals surface area contributed by atoms with E-state index in [-0.39, 0.29) is 26.4 Å². The number of nitrogens with two attached hydrogens (primary N) is 1. The van der Waals surface area contributed by atoms with E-state index in [1.807, 2.05) is 54.6 Å². The van der Waals surface area contributed by atoms with Crippen molar-refractivity contribution in [1.29, 1.82) is 0 Å². The quantitative estimate of drug-likeness (QED) is 0.294. The first-order valence-corrected chi connectivity index (χ1v) is 10.9. The fourth-order valence-electron chi connectivity index (χ4n) is 3.19. The van der Waals surface area contributed by atoms with Gasteiger partial charge in [-0.05, 0) is 16.7 Å². The number of ether oxygens (including phenoxy) is 3. The third kappa shape index (κ3) is 7.81. The lowest BCUT2D eigenvalue weighted by Gasteiger charge is -2.23. The summed E-state index contributed by atoms with van der Waals surface area (Å²) < 4.78 is 32.2. The van der Waals surface area contributed by atoms with E-state index in [4.69, 9.17) is 19.9 Å². The number of carbonyl (C=O) groups excluding carboxylic acids is 1. The van der Waals surface area contributed by atoms with Crippen molar-refractivity contribution in [3.05, 3.63) is 119 Å². The van der Waals surface area contributed by atoms with Crippen molar-refractivity contribution in [2.24, 2.45) is 5.73 Å². The lowest BCUT2D eigenvalue weighted by Crippen LogP contribution is -2.35. The van der Waals surface area contributed by atoms with E-state index >= 15 is 4.39 Å². The summed E-state index contributed by atoms with van der Waals surface area (Å²) in [7, 11) is 0. The molecule has 7 heteroatoms. The molecule has 3 N–H and O–H groups in total. The van der Waals surface area contributed by atoms with Crippen molar-refractivity contribution in [2.45, 2.75) is 32.0 Å². The van der Waals surface area contributed by atoms with E-state index in [0.29, 0.717) is 0 Å². The number of aliphatic hydroxyl groups excluding tert-OH is 1. The highest BCUT2D eigenvalue weighted by atomic mass is 19.1. The zero-order valence-corrected chi connectivity index (χ0v) is 18.7. The fraction of sp³-hybridized carbons (Fsp3) is 0.222. The van der Waals surface area contributed by atoms with Crippen LogP contribution in [0.5, 0.6) is 0 Å². The first kappa shape index (κ1) is 25.1. The molecule has 3 rings (SSSR count). The molecule has 0 unspecified atom stereocenters. The number of amides is 1. The Morgan fingerprint density at radius 2 is 1.26 bits per heavy atom. The second-order valence-corrected chi connectivity index (χ2v) is 7.60. The lowest BCUT2D eigenvalue weighted by atomic mass is 10.1. The minimum Gasteiger partial charge on any atom is -0.481 e. The van der Waals surface area contributed by atoms with Crippen molar-refractivity contribution in [3.63, 3.8) is 0 Å². The first-order valence-electron chi connectivity index (χ1n) is 10.9. The normalized spacial score (nSPS) is 13.6. The second-order valence-electron chi connectivity index (χ2n) is 7.60. The Bertz CT molecular complexity index is 1040.